The molecule has 0 saturated carbocycles. The van der Waals surface area contributed by atoms with E-state index in [0.29, 0.717) is 0 Å². The van der Waals surface area contributed by atoms with E-state index in [1.54, 1.807) is 0 Å². The fourth-order valence-corrected chi connectivity index (χ4v) is 0.871. The van der Waals surface area contributed by atoms with Gasteiger partial charge in [0.05, 0.1) is 6.61 Å². The molecule has 0 aromatic carbocycles. The maximum absolute atomic E-state index is 11.6. The van der Waals surface area contributed by atoms with Gasteiger partial charge in [0.1, 0.15) is 12.9 Å². The number of alkyl halides is 3. The predicted molar refractivity (Wildman–Crippen MR) is 44.0 cm³/mol. The Labute approximate surface area is 87.8 Å². The Balaban J connectivity index is 2.30. The highest BCUT2D eigenvalue weighted by atomic mass is 19.4. The smallest absolute Gasteiger partial charge is 0.411 e. The van der Waals surface area contributed by atoms with Gasteiger partial charge in [-0.25, -0.2) is 9.78 Å². The molecule has 0 atom stereocenters. The molecule has 0 fully saturated rings. The molecule has 0 bridgehead atoms. The summed E-state index contributed by atoms with van der Waals surface area (Å²) in [4.78, 5) is 13.9. The summed E-state index contributed by atoms with van der Waals surface area (Å²) in [5, 5.41) is 8.47. The summed E-state index contributed by atoms with van der Waals surface area (Å²) in [6, 6.07) is 0. The largest absolute Gasteiger partial charge is 0.476 e. The van der Waals surface area contributed by atoms with Crippen molar-refractivity contribution >= 4 is 5.97 Å². The van der Waals surface area contributed by atoms with Gasteiger partial charge >= 0.3 is 12.1 Å². The number of aromatic nitrogens is 1. The summed E-state index contributed by atoms with van der Waals surface area (Å²) in [6.45, 7) is -1.58. The number of ether oxygens (including phenoxy) is 1. The van der Waals surface area contributed by atoms with Gasteiger partial charge in [-0.3, -0.25) is 0 Å². The van der Waals surface area contributed by atoms with Crippen molar-refractivity contribution in [1.82, 2.24) is 4.98 Å². The van der Waals surface area contributed by atoms with Crippen LogP contribution in [-0.2, 0) is 11.2 Å². The first kappa shape index (κ1) is 12.5. The van der Waals surface area contributed by atoms with Crippen LogP contribution in [0.4, 0.5) is 13.2 Å². The number of carbonyl (C=O) groups is 1. The highest BCUT2D eigenvalue weighted by Crippen LogP contribution is 2.14. The number of hydrogen-bond acceptors (Lipinski definition) is 4. The molecule has 5 nitrogen and oxygen atoms in total. The van der Waals surface area contributed by atoms with Crippen LogP contribution in [0.5, 0.6) is 0 Å². The van der Waals surface area contributed by atoms with Crippen LogP contribution in [0.3, 0.4) is 0 Å². The van der Waals surface area contributed by atoms with Crippen LogP contribution in [0.15, 0.2) is 10.7 Å². The summed E-state index contributed by atoms with van der Waals surface area (Å²) in [6.07, 6.45) is -3.46. The van der Waals surface area contributed by atoms with Crippen LogP contribution >= 0.6 is 0 Å². The predicted octanol–water partition coefficient (Wildman–Crippen LogP) is 1.49. The number of oxazole rings is 1. The summed E-state index contributed by atoms with van der Waals surface area (Å²) >= 11 is 0. The summed E-state index contributed by atoms with van der Waals surface area (Å²) < 4.78 is 44.0. The summed E-state index contributed by atoms with van der Waals surface area (Å²) in [5.41, 5.74) is -0.286. The minimum Gasteiger partial charge on any atom is -0.476 e. The second-order valence-corrected chi connectivity index (χ2v) is 2.85. The number of carboxylic acids is 1. The van der Waals surface area contributed by atoms with Gasteiger partial charge < -0.3 is 14.3 Å². The van der Waals surface area contributed by atoms with Crippen molar-refractivity contribution in [3.05, 3.63) is 17.8 Å². The van der Waals surface area contributed by atoms with E-state index in [2.05, 4.69) is 9.72 Å². The van der Waals surface area contributed by atoms with Crippen LogP contribution in [-0.4, -0.2) is 35.4 Å². The molecular weight excluding hydrogens is 231 g/mol. The standard InChI is InChI=1S/C8H8F3NO4/c9-8(10,11)4-15-2-1-6-12-5(3-16-6)7(13)14/h3H,1-2,4H2,(H,13,14). The Morgan fingerprint density at radius 3 is 2.75 bits per heavy atom. The van der Waals surface area contributed by atoms with Crippen molar-refractivity contribution in [2.24, 2.45) is 0 Å². The first-order valence-electron chi connectivity index (χ1n) is 4.20. The SMILES string of the molecule is O=C(O)c1coc(CCOCC(F)(F)F)n1. The number of aromatic carboxylic acids is 1. The van der Waals surface area contributed by atoms with Crippen LogP contribution < -0.4 is 0 Å². The van der Waals surface area contributed by atoms with Crippen LogP contribution in [0.2, 0.25) is 0 Å². The van der Waals surface area contributed by atoms with Crippen molar-refractivity contribution in [2.75, 3.05) is 13.2 Å². The normalized spacial score (nSPS) is 11.7. The van der Waals surface area contributed by atoms with Gasteiger partial charge in [0.15, 0.2) is 11.6 Å². The Bertz CT molecular complexity index is 360. The van der Waals surface area contributed by atoms with E-state index in [4.69, 9.17) is 9.52 Å². The molecule has 0 spiro atoms. The van der Waals surface area contributed by atoms with E-state index in [1.165, 1.54) is 0 Å². The lowest BCUT2D eigenvalue weighted by molar-refractivity contribution is -0.173. The summed E-state index contributed by atoms with van der Waals surface area (Å²) in [7, 11) is 0. The molecule has 0 radical (unpaired) electrons. The molecular formula is C8H8F3NO4. The van der Waals surface area contributed by atoms with Crippen molar-refractivity contribution < 1.29 is 32.2 Å². The molecule has 1 aromatic heterocycles. The molecule has 0 aliphatic heterocycles. The van der Waals surface area contributed by atoms with E-state index in [1.807, 2.05) is 0 Å². The van der Waals surface area contributed by atoms with Crippen molar-refractivity contribution in [3.8, 4) is 0 Å². The van der Waals surface area contributed by atoms with Crippen molar-refractivity contribution in [2.45, 2.75) is 12.6 Å². The Kier molecular flexibility index (Phi) is 3.88. The van der Waals surface area contributed by atoms with Crippen LogP contribution in [0.25, 0.3) is 0 Å². The minimum absolute atomic E-state index is 0.0106. The lowest BCUT2D eigenvalue weighted by atomic mass is 10.4. The quantitative estimate of drug-likeness (QED) is 0.788. The van der Waals surface area contributed by atoms with Gasteiger partial charge in [-0.2, -0.15) is 13.2 Å². The molecule has 90 valence electrons. The molecule has 16 heavy (non-hydrogen) atoms. The molecule has 8 heteroatoms. The molecule has 0 aliphatic rings. The Morgan fingerprint density at radius 2 is 2.25 bits per heavy atom. The zero-order chi connectivity index (χ0) is 12.2. The molecule has 0 saturated heterocycles. The summed E-state index contributed by atoms with van der Waals surface area (Å²) in [5.74, 6) is -1.23. The van der Waals surface area contributed by atoms with Crippen LogP contribution in [0.1, 0.15) is 16.4 Å². The number of carboxylic acid groups (broad SMARTS) is 1. The molecule has 1 heterocycles. The highest BCUT2D eigenvalue weighted by molar-refractivity contribution is 5.84. The molecule has 0 amide bonds. The van der Waals surface area contributed by atoms with Gasteiger partial charge in [0.2, 0.25) is 0 Å². The Hall–Kier alpha value is -1.57. The van der Waals surface area contributed by atoms with Crippen molar-refractivity contribution in [3.63, 3.8) is 0 Å². The minimum atomic E-state index is -4.37. The fraction of sp³-hybridized carbons (Fsp3) is 0.500. The first-order chi connectivity index (χ1) is 7.38. The molecule has 0 aliphatic carbocycles. The van der Waals surface area contributed by atoms with Crippen LogP contribution in [0, 0.1) is 0 Å². The third-order valence-electron chi connectivity index (χ3n) is 1.50. The maximum Gasteiger partial charge on any atom is 0.411 e. The van der Waals surface area contributed by atoms with Gasteiger partial charge in [0.25, 0.3) is 0 Å². The van der Waals surface area contributed by atoms with E-state index in [-0.39, 0.29) is 24.6 Å². The number of halogens is 3. The zero-order valence-corrected chi connectivity index (χ0v) is 7.95. The fourth-order valence-electron chi connectivity index (χ4n) is 0.871. The third-order valence-corrected chi connectivity index (χ3v) is 1.50. The van der Waals surface area contributed by atoms with Crippen molar-refractivity contribution in [1.29, 1.82) is 0 Å². The molecule has 1 rings (SSSR count). The molecule has 0 unspecified atom stereocenters. The zero-order valence-electron chi connectivity index (χ0n) is 7.95. The topological polar surface area (TPSA) is 72.6 Å². The Morgan fingerprint density at radius 1 is 1.56 bits per heavy atom. The molecule has 1 aromatic rings. The van der Waals surface area contributed by atoms with E-state index < -0.39 is 18.8 Å². The van der Waals surface area contributed by atoms with E-state index >= 15 is 0 Å². The number of nitrogens with zero attached hydrogens (tertiary/aromatic N) is 1. The van der Waals surface area contributed by atoms with E-state index in [0.717, 1.165) is 6.26 Å². The van der Waals surface area contributed by atoms with Gasteiger partial charge in [0, 0.05) is 6.42 Å². The second kappa shape index (κ2) is 4.97. The number of rotatable bonds is 5. The number of hydrogen-bond donors (Lipinski definition) is 1. The first-order valence-corrected chi connectivity index (χ1v) is 4.20. The monoisotopic (exact) mass is 239 g/mol. The second-order valence-electron chi connectivity index (χ2n) is 2.85. The lowest BCUT2D eigenvalue weighted by Crippen LogP contribution is -2.18. The lowest BCUT2D eigenvalue weighted by Gasteiger charge is -2.05. The third kappa shape index (κ3) is 4.30. The average molecular weight is 239 g/mol. The van der Waals surface area contributed by atoms with Gasteiger partial charge in [-0.05, 0) is 0 Å². The average Bonchev–Trinajstić information content (AvgIpc) is 2.59. The van der Waals surface area contributed by atoms with E-state index in [9.17, 15) is 18.0 Å². The highest BCUT2D eigenvalue weighted by Gasteiger charge is 2.27. The maximum atomic E-state index is 11.6. The molecule has 1 N–H and O–H groups in total. The van der Waals surface area contributed by atoms with Gasteiger partial charge in [-0.1, -0.05) is 0 Å². The van der Waals surface area contributed by atoms with Gasteiger partial charge in [-0.15, -0.1) is 0 Å².